The molecule has 1 aliphatic rings. The van der Waals surface area contributed by atoms with Gasteiger partial charge in [0.25, 0.3) is 0 Å². The number of carbonyl (C=O) groups excluding carboxylic acids is 1. The van der Waals surface area contributed by atoms with Crippen molar-refractivity contribution in [1.29, 1.82) is 0 Å². The highest BCUT2D eigenvalue weighted by Crippen LogP contribution is 2.18. The van der Waals surface area contributed by atoms with Gasteiger partial charge >= 0.3 is 0 Å². The lowest BCUT2D eigenvalue weighted by molar-refractivity contribution is -0.143. The van der Waals surface area contributed by atoms with Gasteiger partial charge in [0.15, 0.2) is 0 Å². The Balaban J connectivity index is 2.00. The Morgan fingerprint density at radius 3 is 3.08 bits per heavy atom. The molecule has 1 aromatic rings. The molecule has 1 saturated heterocycles. The summed E-state index contributed by atoms with van der Waals surface area (Å²) < 4.78 is 0. The number of aromatic nitrogens is 1. The van der Waals surface area contributed by atoms with Gasteiger partial charge in [-0.3, -0.25) is 4.79 Å². The van der Waals surface area contributed by atoms with Gasteiger partial charge in [0.05, 0.1) is 17.7 Å². The van der Waals surface area contributed by atoms with Gasteiger partial charge in [-0.15, -0.1) is 11.3 Å². The smallest absolute Gasteiger partial charge is 0.241 e. The average molecular weight is 197 g/mol. The highest BCUT2D eigenvalue weighted by atomic mass is 32.1. The predicted molar refractivity (Wildman–Crippen MR) is 50.2 cm³/mol. The van der Waals surface area contributed by atoms with Crippen molar-refractivity contribution >= 4 is 17.2 Å². The van der Waals surface area contributed by atoms with Crippen LogP contribution in [0, 0.1) is 6.92 Å². The lowest BCUT2D eigenvalue weighted by Crippen LogP contribution is -2.60. The summed E-state index contributed by atoms with van der Waals surface area (Å²) in [4.78, 5) is 18.2. The molecule has 1 unspecified atom stereocenters. The first-order valence-electron chi connectivity index (χ1n) is 4.12. The predicted octanol–water partition coefficient (Wildman–Crippen LogP) is 0.121. The van der Waals surface area contributed by atoms with Crippen molar-refractivity contribution in [2.45, 2.75) is 19.5 Å². The lowest BCUT2D eigenvalue weighted by Gasteiger charge is -2.35. The van der Waals surface area contributed by atoms with Crippen LogP contribution in [0.25, 0.3) is 0 Å². The molecule has 2 rings (SSSR count). The van der Waals surface area contributed by atoms with E-state index in [-0.39, 0.29) is 11.9 Å². The van der Waals surface area contributed by atoms with Gasteiger partial charge in [-0.2, -0.15) is 0 Å². The van der Waals surface area contributed by atoms with Crippen LogP contribution in [0.4, 0.5) is 0 Å². The molecule has 1 amide bonds. The second-order valence-corrected chi connectivity index (χ2v) is 4.13. The van der Waals surface area contributed by atoms with Gasteiger partial charge in [0, 0.05) is 11.4 Å². The molecule has 0 aromatic carbocycles. The summed E-state index contributed by atoms with van der Waals surface area (Å²) in [7, 11) is 0. The van der Waals surface area contributed by atoms with E-state index < -0.39 is 0 Å². The number of β-lactam (4-membered cyclic amide) rings is 1. The van der Waals surface area contributed by atoms with E-state index in [0.717, 1.165) is 10.6 Å². The summed E-state index contributed by atoms with van der Waals surface area (Å²) in [5.74, 6) is 0.0489. The maximum atomic E-state index is 11.2. The summed E-state index contributed by atoms with van der Waals surface area (Å²) in [6.45, 7) is 3.30. The van der Waals surface area contributed by atoms with Gasteiger partial charge in [0.1, 0.15) is 6.04 Å². The molecular weight excluding hydrogens is 186 g/mol. The largest absolute Gasteiger partial charge is 0.334 e. The molecule has 0 saturated carbocycles. The monoisotopic (exact) mass is 197 g/mol. The molecule has 1 fully saturated rings. The van der Waals surface area contributed by atoms with Gasteiger partial charge in [0.2, 0.25) is 5.91 Å². The summed E-state index contributed by atoms with van der Waals surface area (Å²) >= 11 is 1.58. The third kappa shape index (κ3) is 1.45. The van der Waals surface area contributed by atoms with Crippen molar-refractivity contribution in [3.63, 3.8) is 0 Å². The summed E-state index contributed by atoms with van der Waals surface area (Å²) in [6.07, 6.45) is 0. The molecule has 0 bridgehead atoms. The highest BCUT2D eigenvalue weighted by molar-refractivity contribution is 7.09. The van der Waals surface area contributed by atoms with Crippen molar-refractivity contribution < 1.29 is 4.79 Å². The molecule has 4 nitrogen and oxygen atoms in total. The second-order valence-electron chi connectivity index (χ2n) is 3.19. The van der Waals surface area contributed by atoms with E-state index in [0.29, 0.717) is 13.1 Å². The molecule has 2 heterocycles. The van der Waals surface area contributed by atoms with Crippen LogP contribution in [0.15, 0.2) is 5.51 Å². The minimum atomic E-state index is -0.270. The first kappa shape index (κ1) is 8.65. The SMILES string of the molecule is Cc1ncsc1CN1CC(N)C1=O. The Morgan fingerprint density at radius 1 is 1.85 bits per heavy atom. The number of aryl methyl sites for hydroxylation is 1. The molecule has 1 aromatic heterocycles. The standard InChI is InChI=1S/C8H11N3OS/c1-5-7(13-4-10-5)3-11-2-6(9)8(11)12/h4,6H,2-3,9H2,1H3. The minimum Gasteiger partial charge on any atom is -0.334 e. The zero-order valence-corrected chi connectivity index (χ0v) is 8.17. The number of thiazole rings is 1. The number of amides is 1. The number of nitrogens with two attached hydrogens (primary N) is 1. The second kappa shape index (κ2) is 3.08. The zero-order chi connectivity index (χ0) is 9.42. The number of carbonyl (C=O) groups is 1. The molecule has 0 aliphatic carbocycles. The van der Waals surface area contributed by atoms with Crippen LogP contribution < -0.4 is 5.73 Å². The maximum Gasteiger partial charge on any atom is 0.241 e. The van der Waals surface area contributed by atoms with E-state index in [1.165, 1.54) is 0 Å². The van der Waals surface area contributed by atoms with Crippen LogP contribution >= 0.6 is 11.3 Å². The first-order chi connectivity index (χ1) is 6.18. The lowest BCUT2D eigenvalue weighted by atomic mass is 10.1. The molecular formula is C8H11N3OS. The first-order valence-corrected chi connectivity index (χ1v) is 5.00. The van der Waals surface area contributed by atoms with Crippen molar-refractivity contribution in [2.75, 3.05) is 6.54 Å². The zero-order valence-electron chi connectivity index (χ0n) is 7.36. The van der Waals surface area contributed by atoms with E-state index in [4.69, 9.17) is 5.73 Å². The van der Waals surface area contributed by atoms with E-state index in [9.17, 15) is 4.79 Å². The van der Waals surface area contributed by atoms with E-state index in [1.54, 1.807) is 21.7 Å². The van der Waals surface area contributed by atoms with E-state index in [2.05, 4.69) is 4.98 Å². The Bertz CT molecular complexity index is 336. The van der Waals surface area contributed by atoms with Crippen LogP contribution in [-0.2, 0) is 11.3 Å². The normalized spacial score (nSPS) is 21.8. The van der Waals surface area contributed by atoms with Crippen LogP contribution in [0.2, 0.25) is 0 Å². The summed E-state index contributed by atoms with van der Waals surface area (Å²) in [6, 6.07) is -0.270. The van der Waals surface area contributed by atoms with Crippen molar-refractivity contribution in [3.05, 3.63) is 16.1 Å². The highest BCUT2D eigenvalue weighted by Gasteiger charge is 2.33. The molecule has 1 aliphatic heterocycles. The Labute approximate surface area is 80.4 Å². The fourth-order valence-corrected chi connectivity index (χ4v) is 2.11. The fraction of sp³-hybridized carbons (Fsp3) is 0.500. The molecule has 5 heteroatoms. The van der Waals surface area contributed by atoms with Gasteiger partial charge in [-0.1, -0.05) is 0 Å². The van der Waals surface area contributed by atoms with Gasteiger partial charge in [-0.05, 0) is 6.92 Å². The fourth-order valence-electron chi connectivity index (χ4n) is 1.32. The van der Waals surface area contributed by atoms with Gasteiger partial charge in [-0.25, -0.2) is 4.98 Å². The Morgan fingerprint density at radius 2 is 2.62 bits per heavy atom. The summed E-state index contributed by atoms with van der Waals surface area (Å²) in [5.41, 5.74) is 8.29. The van der Waals surface area contributed by atoms with Crippen molar-refractivity contribution in [2.24, 2.45) is 5.73 Å². The number of rotatable bonds is 2. The third-order valence-electron chi connectivity index (χ3n) is 2.23. The Kier molecular flexibility index (Phi) is 2.05. The topological polar surface area (TPSA) is 59.2 Å². The van der Waals surface area contributed by atoms with Crippen LogP contribution in [0.3, 0.4) is 0 Å². The number of hydrogen-bond donors (Lipinski definition) is 1. The molecule has 13 heavy (non-hydrogen) atoms. The van der Waals surface area contributed by atoms with Crippen molar-refractivity contribution in [3.8, 4) is 0 Å². The van der Waals surface area contributed by atoms with Crippen LogP contribution in [0.5, 0.6) is 0 Å². The van der Waals surface area contributed by atoms with Crippen LogP contribution in [0.1, 0.15) is 10.6 Å². The molecule has 70 valence electrons. The van der Waals surface area contributed by atoms with Crippen molar-refractivity contribution in [1.82, 2.24) is 9.88 Å². The minimum absolute atomic E-state index is 0.0489. The molecule has 0 spiro atoms. The van der Waals surface area contributed by atoms with E-state index >= 15 is 0 Å². The van der Waals surface area contributed by atoms with Crippen LogP contribution in [-0.4, -0.2) is 28.4 Å². The van der Waals surface area contributed by atoms with Gasteiger partial charge < -0.3 is 10.6 Å². The quantitative estimate of drug-likeness (QED) is 0.685. The average Bonchev–Trinajstić information content (AvgIpc) is 2.51. The Hall–Kier alpha value is -0.940. The maximum absolute atomic E-state index is 11.2. The molecule has 1 atom stereocenters. The molecule has 0 radical (unpaired) electrons. The third-order valence-corrected chi connectivity index (χ3v) is 3.15. The van der Waals surface area contributed by atoms with E-state index in [1.807, 2.05) is 6.92 Å². The number of likely N-dealkylation sites (tertiary alicyclic amines) is 1. The number of hydrogen-bond acceptors (Lipinski definition) is 4. The number of nitrogens with zero attached hydrogens (tertiary/aromatic N) is 2. The summed E-state index contributed by atoms with van der Waals surface area (Å²) in [5, 5.41) is 0. The molecule has 2 N–H and O–H groups in total.